The highest BCUT2D eigenvalue weighted by atomic mass is 32.2. The number of hydrogen-bond acceptors (Lipinski definition) is 10. The smallest absolute Gasteiger partial charge is 0.394 e. The first-order chi connectivity index (χ1) is 22.7. The number of benzene rings is 1. The number of esters is 1. The molecule has 12 nitrogen and oxygen atoms in total. The highest BCUT2D eigenvalue weighted by Gasteiger charge is 2.61. The van der Waals surface area contributed by atoms with Gasteiger partial charge in [-0.2, -0.15) is 4.98 Å². The van der Waals surface area contributed by atoms with E-state index < -0.39 is 56.2 Å². The van der Waals surface area contributed by atoms with E-state index in [0.29, 0.717) is 43.2 Å². The summed E-state index contributed by atoms with van der Waals surface area (Å²) in [5.74, 6) is -2.87. The molecule has 0 unspecified atom stereocenters. The number of rotatable bonds is 7. The van der Waals surface area contributed by atoms with Crippen molar-refractivity contribution in [2.45, 2.75) is 114 Å². The first-order valence-corrected chi connectivity index (χ1v) is 18.6. The molecule has 2 aliphatic heterocycles. The molecule has 5 atom stereocenters. The van der Waals surface area contributed by atoms with Crippen molar-refractivity contribution in [1.82, 2.24) is 14.6 Å². The third kappa shape index (κ3) is 7.76. The summed E-state index contributed by atoms with van der Waals surface area (Å²) in [5.41, 5.74) is -0.808. The molecular formula is C35H45N3O9S. The SMILES string of the molecule is CC(C)(C)OC(=O)C[C@H]1CCCCC/C=C\[C@@H]2C[C@@]2(C(=O)NS(=O)(=O)C2CC2)CC(=O)[C@@H]2C[C@@H](Oc3nc4ccccc4o3)CN2C1=O. The predicted molar refractivity (Wildman–Crippen MR) is 175 cm³/mol. The third-order valence-electron chi connectivity index (χ3n) is 9.71. The number of fused-ring (bicyclic) bond motifs is 3. The largest absolute Gasteiger partial charge is 0.460 e. The predicted octanol–water partition coefficient (Wildman–Crippen LogP) is 4.62. The van der Waals surface area contributed by atoms with Crippen LogP contribution in [-0.4, -0.2) is 71.4 Å². The number of carbonyl (C=O) groups excluding carboxylic acids is 4. The molecule has 260 valence electrons. The molecule has 2 amide bonds. The van der Waals surface area contributed by atoms with Crippen molar-refractivity contribution >= 4 is 44.7 Å². The van der Waals surface area contributed by atoms with Gasteiger partial charge in [-0.3, -0.25) is 23.9 Å². The number of nitrogens with zero attached hydrogens (tertiary/aromatic N) is 2. The second kappa shape index (κ2) is 13.3. The van der Waals surface area contributed by atoms with Gasteiger partial charge in [0.15, 0.2) is 11.4 Å². The summed E-state index contributed by atoms with van der Waals surface area (Å²) in [6.45, 7) is 5.37. The van der Waals surface area contributed by atoms with Gasteiger partial charge in [0.25, 0.3) is 0 Å². The van der Waals surface area contributed by atoms with Gasteiger partial charge in [-0.05, 0) is 77.3 Å². The van der Waals surface area contributed by atoms with E-state index in [2.05, 4.69) is 9.71 Å². The average Bonchev–Trinajstić information content (AvgIpc) is 3.89. The van der Waals surface area contributed by atoms with Crippen molar-refractivity contribution in [3.8, 4) is 6.08 Å². The lowest BCUT2D eigenvalue weighted by Crippen LogP contribution is -2.46. The van der Waals surface area contributed by atoms with Crippen LogP contribution in [-0.2, 0) is 33.9 Å². The summed E-state index contributed by atoms with van der Waals surface area (Å²) in [5, 5.41) is -0.585. The van der Waals surface area contributed by atoms with Gasteiger partial charge < -0.3 is 18.8 Å². The molecular weight excluding hydrogens is 638 g/mol. The van der Waals surface area contributed by atoms with Gasteiger partial charge in [-0.25, -0.2) is 8.42 Å². The first kappa shape index (κ1) is 34.1. The number of sulfonamides is 1. The molecule has 0 bridgehead atoms. The number of hydrogen-bond donors (Lipinski definition) is 1. The Labute approximate surface area is 281 Å². The van der Waals surface area contributed by atoms with Crippen molar-refractivity contribution in [3.05, 3.63) is 36.4 Å². The Bertz CT molecular complexity index is 1670. The zero-order chi connectivity index (χ0) is 34.3. The van der Waals surface area contributed by atoms with E-state index in [1.54, 1.807) is 32.9 Å². The molecule has 13 heteroatoms. The standard InChI is InChI=1S/C35H45N3O9S/c1-34(2,3)47-30(40)17-22-11-7-5-4-6-8-12-23-19-35(23,32(42)37-48(43,44)25-15-16-25)20-28(39)27-18-24(21-38(27)31(22)41)45-33-36-26-13-9-10-14-29(26)46-33/h8-10,12-14,22-25,27H,4-7,11,15-21H2,1-3H3,(H,37,42)/b12-8-/t22-,23-,24-,27+,35-/m1/s1. The molecule has 2 saturated carbocycles. The third-order valence-corrected chi connectivity index (χ3v) is 11.5. The Kier molecular flexibility index (Phi) is 9.45. The molecule has 3 heterocycles. The minimum absolute atomic E-state index is 0.0164. The maximum absolute atomic E-state index is 14.3. The van der Waals surface area contributed by atoms with Crippen LogP contribution in [0.2, 0.25) is 0 Å². The fourth-order valence-corrected chi connectivity index (χ4v) is 8.33. The number of oxazole rings is 1. The average molecular weight is 684 g/mol. The monoisotopic (exact) mass is 683 g/mol. The van der Waals surface area contributed by atoms with E-state index in [4.69, 9.17) is 13.9 Å². The zero-order valence-electron chi connectivity index (χ0n) is 27.8. The van der Waals surface area contributed by atoms with Gasteiger partial charge >= 0.3 is 12.0 Å². The summed E-state index contributed by atoms with van der Waals surface area (Å²) in [4.78, 5) is 61.0. The molecule has 1 N–H and O–H groups in total. The van der Waals surface area contributed by atoms with Crippen molar-refractivity contribution in [1.29, 1.82) is 0 Å². The van der Waals surface area contributed by atoms with E-state index in [1.807, 2.05) is 24.3 Å². The summed E-state index contributed by atoms with van der Waals surface area (Å²) in [6.07, 6.45) is 7.98. The lowest BCUT2D eigenvalue weighted by Gasteiger charge is -2.29. The normalized spacial score (nSPS) is 29.3. The maximum atomic E-state index is 14.3. The number of ether oxygens (including phenoxy) is 2. The minimum Gasteiger partial charge on any atom is -0.460 e. The molecule has 2 aromatic rings. The van der Waals surface area contributed by atoms with E-state index >= 15 is 0 Å². The molecule has 0 spiro atoms. The summed E-state index contributed by atoms with van der Waals surface area (Å²) in [7, 11) is -3.82. The Hall–Kier alpha value is -3.74. The van der Waals surface area contributed by atoms with Crippen LogP contribution in [0.5, 0.6) is 6.08 Å². The summed E-state index contributed by atoms with van der Waals surface area (Å²) in [6, 6.07) is 6.23. The topological polar surface area (TPSA) is 162 Å². The van der Waals surface area contributed by atoms with Crippen LogP contribution < -0.4 is 9.46 Å². The molecule has 1 saturated heterocycles. The highest BCUT2D eigenvalue weighted by Crippen LogP contribution is 2.57. The lowest BCUT2D eigenvalue weighted by molar-refractivity contribution is -0.159. The van der Waals surface area contributed by atoms with E-state index in [1.165, 1.54) is 4.90 Å². The Morgan fingerprint density at radius 1 is 1.10 bits per heavy atom. The fraction of sp³-hybridized carbons (Fsp3) is 0.629. The second-order valence-electron chi connectivity index (χ2n) is 14.8. The van der Waals surface area contributed by atoms with E-state index in [0.717, 1.165) is 19.3 Å². The summed E-state index contributed by atoms with van der Waals surface area (Å²) >= 11 is 0. The van der Waals surface area contributed by atoms with Crippen molar-refractivity contribution in [3.63, 3.8) is 0 Å². The summed E-state index contributed by atoms with van der Waals surface area (Å²) < 4.78 is 45.2. The number of Topliss-reactive ketones (excluding diaryl/α,β-unsaturated/α-hetero) is 1. The number of aromatic nitrogens is 1. The van der Waals surface area contributed by atoms with Gasteiger partial charge in [-0.1, -0.05) is 37.1 Å². The number of nitrogens with one attached hydrogen (secondary N) is 1. The number of allylic oxidation sites excluding steroid dienone is 2. The van der Waals surface area contributed by atoms with Gasteiger partial charge in [-0.15, -0.1) is 0 Å². The van der Waals surface area contributed by atoms with Crippen LogP contribution in [0.15, 0.2) is 40.8 Å². The maximum Gasteiger partial charge on any atom is 0.394 e. The fourth-order valence-electron chi connectivity index (χ4n) is 6.95. The number of amides is 2. The van der Waals surface area contributed by atoms with Crippen LogP contribution in [0.1, 0.15) is 91.4 Å². The highest BCUT2D eigenvalue weighted by molar-refractivity contribution is 7.90. The quantitative estimate of drug-likeness (QED) is 0.322. The molecule has 0 radical (unpaired) electrons. The molecule has 4 aliphatic rings. The van der Waals surface area contributed by atoms with Crippen LogP contribution in [0, 0.1) is 17.3 Å². The van der Waals surface area contributed by atoms with Crippen molar-refractivity contribution < 1.29 is 41.5 Å². The second-order valence-corrected chi connectivity index (χ2v) is 16.7. The van der Waals surface area contributed by atoms with Crippen LogP contribution >= 0.6 is 0 Å². The Morgan fingerprint density at radius 2 is 1.88 bits per heavy atom. The minimum atomic E-state index is -3.82. The Balaban J connectivity index is 1.28. The van der Waals surface area contributed by atoms with Crippen LogP contribution in [0.25, 0.3) is 11.1 Å². The number of carbonyl (C=O) groups is 4. The Morgan fingerprint density at radius 3 is 2.60 bits per heavy atom. The van der Waals surface area contributed by atoms with Crippen LogP contribution in [0.3, 0.4) is 0 Å². The van der Waals surface area contributed by atoms with Crippen molar-refractivity contribution in [2.24, 2.45) is 17.3 Å². The molecule has 3 fully saturated rings. The van der Waals surface area contributed by atoms with Gasteiger partial charge in [0.2, 0.25) is 21.8 Å². The zero-order valence-corrected chi connectivity index (χ0v) is 28.6. The lowest BCUT2D eigenvalue weighted by atomic mass is 9.90. The van der Waals surface area contributed by atoms with Crippen LogP contribution in [0.4, 0.5) is 0 Å². The molecule has 1 aromatic heterocycles. The first-order valence-electron chi connectivity index (χ1n) is 17.0. The van der Waals surface area contributed by atoms with E-state index in [-0.39, 0.29) is 49.5 Å². The van der Waals surface area contributed by atoms with Gasteiger partial charge in [0.1, 0.15) is 17.2 Å². The number of ketones is 1. The number of para-hydroxylation sites is 2. The van der Waals surface area contributed by atoms with Crippen molar-refractivity contribution in [2.75, 3.05) is 6.54 Å². The van der Waals surface area contributed by atoms with Gasteiger partial charge in [0.05, 0.1) is 29.7 Å². The molecule has 6 rings (SSSR count). The molecule has 48 heavy (non-hydrogen) atoms. The van der Waals surface area contributed by atoms with Gasteiger partial charge in [0, 0.05) is 18.8 Å². The molecule has 2 aliphatic carbocycles. The molecule has 1 aromatic carbocycles. The van der Waals surface area contributed by atoms with E-state index in [9.17, 15) is 27.6 Å².